The second-order valence-corrected chi connectivity index (χ2v) is 6.99. The molecule has 2 saturated heterocycles. The number of likely N-dealkylation sites (N-methyl/N-ethyl adjacent to an activating group) is 1. The summed E-state index contributed by atoms with van der Waals surface area (Å²) in [6.45, 7) is 7.35. The molecular formula is C17H28N3+. The topological polar surface area (TPSA) is 29.3 Å². The molecule has 1 aromatic carbocycles. The Morgan fingerprint density at radius 3 is 2.70 bits per heavy atom. The van der Waals surface area contributed by atoms with Crippen molar-refractivity contribution in [2.75, 3.05) is 43.9 Å². The number of anilines is 2. The molecule has 20 heavy (non-hydrogen) atoms. The normalized spacial score (nSPS) is 25.3. The summed E-state index contributed by atoms with van der Waals surface area (Å²) in [4.78, 5) is 2.62. The third-order valence-electron chi connectivity index (χ3n) is 5.26. The second-order valence-electron chi connectivity index (χ2n) is 6.99. The molecule has 110 valence electrons. The predicted molar refractivity (Wildman–Crippen MR) is 86.0 cm³/mol. The van der Waals surface area contributed by atoms with E-state index < -0.39 is 0 Å². The van der Waals surface area contributed by atoms with E-state index in [9.17, 15) is 0 Å². The lowest BCUT2D eigenvalue weighted by atomic mass is 10.1. The molecule has 2 fully saturated rings. The molecule has 2 heterocycles. The van der Waals surface area contributed by atoms with Crippen LogP contribution in [0.25, 0.3) is 0 Å². The van der Waals surface area contributed by atoms with Gasteiger partial charge in [-0.3, -0.25) is 0 Å². The van der Waals surface area contributed by atoms with Crippen LogP contribution in [-0.4, -0.2) is 43.8 Å². The van der Waals surface area contributed by atoms with E-state index in [1.54, 1.807) is 0 Å². The summed E-state index contributed by atoms with van der Waals surface area (Å²) < 4.78 is 1.27. The summed E-state index contributed by atoms with van der Waals surface area (Å²) in [6.07, 6.45) is 5.49. The van der Waals surface area contributed by atoms with Gasteiger partial charge in [0.05, 0.1) is 32.7 Å². The molecular weight excluding hydrogens is 246 g/mol. The molecule has 0 bridgehead atoms. The zero-order valence-electron chi connectivity index (χ0n) is 12.9. The monoisotopic (exact) mass is 274 g/mol. The van der Waals surface area contributed by atoms with Gasteiger partial charge in [0.1, 0.15) is 0 Å². The van der Waals surface area contributed by atoms with E-state index in [0.717, 1.165) is 5.69 Å². The Balaban J connectivity index is 1.76. The van der Waals surface area contributed by atoms with Crippen LogP contribution in [0.2, 0.25) is 0 Å². The van der Waals surface area contributed by atoms with Gasteiger partial charge < -0.3 is 15.1 Å². The number of benzene rings is 1. The van der Waals surface area contributed by atoms with Crippen molar-refractivity contribution in [3.63, 3.8) is 0 Å². The van der Waals surface area contributed by atoms with Gasteiger partial charge >= 0.3 is 0 Å². The van der Waals surface area contributed by atoms with E-state index in [-0.39, 0.29) is 0 Å². The summed E-state index contributed by atoms with van der Waals surface area (Å²) in [6, 6.07) is 7.23. The maximum Gasteiger partial charge on any atom is 0.0991 e. The fraction of sp³-hybridized carbons (Fsp3) is 0.647. The van der Waals surface area contributed by atoms with Crippen molar-refractivity contribution in [2.24, 2.45) is 0 Å². The summed E-state index contributed by atoms with van der Waals surface area (Å²) in [5.74, 6) is 0. The zero-order chi connectivity index (χ0) is 14.2. The summed E-state index contributed by atoms with van der Waals surface area (Å²) >= 11 is 0. The van der Waals surface area contributed by atoms with Crippen LogP contribution in [-0.2, 0) is 0 Å². The fourth-order valence-electron chi connectivity index (χ4n) is 3.99. The molecule has 0 amide bonds. The van der Waals surface area contributed by atoms with Gasteiger partial charge in [-0.2, -0.15) is 0 Å². The van der Waals surface area contributed by atoms with Crippen molar-refractivity contribution < 1.29 is 4.48 Å². The number of nitrogens with two attached hydrogens (primary N) is 1. The van der Waals surface area contributed by atoms with Crippen LogP contribution in [0, 0.1) is 6.92 Å². The minimum Gasteiger partial charge on any atom is -0.399 e. The Bertz CT molecular complexity index is 477. The Hall–Kier alpha value is -1.22. The number of likely N-dealkylation sites (tertiary alicyclic amines) is 1. The Morgan fingerprint density at radius 1 is 1.25 bits per heavy atom. The van der Waals surface area contributed by atoms with Gasteiger partial charge in [0.2, 0.25) is 0 Å². The smallest absolute Gasteiger partial charge is 0.0991 e. The highest BCUT2D eigenvalue weighted by molar-refractivity contribution is 5.58. The number of nitrogens with zero attached hydrogens (tertiary/aromatic N) is 2. The molecule has 0 radical (unpaired) electrons. The van der Waals surface area contributed by atoms with E-state index in [0.29, 0.717) is 6.04 Å². The highest BCUT2D eigenvalue weighted by atomic mass is 15.4. The molecule has 1 unspecified atom stereocenters. The first-order valence-corrected chi connectivity index (χ1v) is 8.04. The molecule has 3 nitrogen and oxygen atoms in total. The van der Waals surface area contributed by atoms with Gasteiger partial charge in [-0.05, 0) is 43.5 Å². The maximum absolute atomic E-state index is 5.95. The van der Waals surface area contributed by atoms with Crippen molar-refractivity contribution >= 4 is 11.4 Å². The molecule has 3 rings (SSSR count). The third-order valence-corrected chi connectivity index (χ3v) is 5.26. The predicted octanol–water partition coefficient (Wildman–Crippen LogP) is 2.79. The van der Waals surface area contributed by atoms with Crippen LogP contribution < -0.4 is 10.6 Å². The quantitative estimate of drug-likeness (QED) is 0.678. The van der Waals surface area contributed by atoms with E-state index in [2.05, 4.69) is 37.1 Å². The van der Waals surface area contributed by atoms with Crippen LogP contribution in [0.15, 0.2) is 18.2 Å². The number of nitrogen functional groups attached to an aromatic ring is 1. The highest BCUT2D eigenvalue weighted by Gasteiger charge is 2.35. The largest absolute Gasteiger partial charge is 0.399 e. The Labute approximate surface area is 123 Å². The van der Waals surface area contributed by atoms with E-state index in [4.69, 9.17) is 5.73 Å². The number of hydrogen-bond acceptors (Lipinski definition) is 2. The molecule has 3 heteroatoms. The van der Waals surface area contributed by atoms with E-state index in [1.807, 2.05) is 0 Å². The lowest BCUT2D eigenvalue weighted by Crippen LogP contribution is -2.50. The first kappa shape index (κ1) is 13.7. The molecule has 1 aromatic rings. The summed E-state index contributed by atoms with van der Waals surface area (Å²) in [5.41, 5.74) is 9.43. The van der Waals surface area contributed by atoms with Crippen LogP contribution in [0.5, 0.6) is 0 Å². The molecule has 2 N–H and O–H groups in total. The van der Waals surface area contributed by atoms with Crippen molar-refractivity contribution in [1.82, 2.24) is 0 Å². The Morgan fingerprint density at radius 2 is 2.00 bits per heavy atom. The van der Waals surface area contributed by atoms with Gasteiger partial charge in [-0.15, -0.1) is 0 Å². The first-order chi connectivity index (χ1) is 9.57. The van der Waals surface area contributed by atoms with Crippen molar-refractivity contribution in [1.29, 1.82) is 0 Å². The van der Waals surface area contributed by atoms with Gasteiger partial charge in [-0.25, -0.2) is 0 Å². The van der Waals surface area contributed by atoms with Gasteiger partial charge in [0.25, 0.3) is 0 Å². The molecule has 2 aliphatic rings. The second kappa shape index (κ2) is 5.28. The van der Waals surface area contributed by atoms with Crippen LogP contribution in [0.4, 0.5) is 11.4 Å². The van der Waals surface area contributed by atoms with E-state index >= 15 is 0 Å². The average Bonchev–Trinajstić information content (AvgIpc) is 3.03. The first-order valence-electron chi connectivity index (χ1n) is 8.04. The third kappa shape index (κ3) is 2.64. The molecule has 2 aliphatic heterocycles. The van der Waals surface area contributed by atoms with Crippen LogP contribution in [0.3, 0.4) is 0 Å². The molecule has 0 spiro atoms. The van der Waals surface area contributed by atoms with Crippen LogP contribution in [0.1, 0.15) is 31.2 Å². The minimum absolute atomic E-state index is 0.709. The minimum atomic E-state index is 0.709. The van der Waals surface area contributed by atoms with Gasteiger partial charge in [0.15, 0.2) is 0 Å². The molecule has 1 atom stereocenters. The van der Waals surface area contributed by atoms with Gasteiger partial charge in [-0.1, -0.05) is 0 Å². The summed E-state index contributed by atoms with van der Waals surface area (Å²) in [7, 11) is 2.44. The fourth-order valence-corrected chi connectivity index (χ4v) is 3.99. The standard InChI is InChI=1S/C17H28N3/c1-14-12-15(7-8-17(14)18)19-9-5-6-16(19)13-20(2)10-3-4-11-20/h7-8,12,16H,3-6,9-11,13,18H2,1-2H3/q+1. The van der Waals surface area contributed by atoms with Crippen molar-refractivity contribution in [3.8, 4) is 0 Å². The van der Waals surface area contributed by atoms with Crippen LogP contribution >= 0.6 is 0 Å². The zero-order valence-corrected chi connectivity index (χ0v) is 12.9. The van der Waals surface area contributed by atoms with Crippen molar-refractivity contribution in [2.45, 2.75) is 38.6 Å². The molecule has 0 aromatic heterocycles. The lowest BCUT2D eigenvalue weighted by molar-refractivity contribution is -0.898. The number of hydrogen-bond donors (Lipinski definition) is 1. The van der Waals surface area contributed by atoms with Gasteiger partial charge in [0, 0.05) is 30.8 Å². The maximum atomic E-state index is 5.95. The number of rotatable bonds is 3. The van der Waals surface area contributed by atoms with E-state index in [1.165, 1.54) is 67.6 Å². The average molecular weight is 274 g/mol. The summed E-state index contributed by atoms with van der Waals surface area (Å²) in [5, 5.41) is 0. The number of aryl methyl sites for hydroxylation is 1. The highest BCUT2D eigenvalue weighted by Crippen LogP contribution is 2.30. The number of quaternary nitrogens is 1. The molecule has 0 saturated carbocycles. The SMILES string of the molecule is Cc1cc(N2CCCC2C[N+]2(C)CCCC2)ccc1N. The Kier molecular flexibility index (Phi) is 3.63. The lowest BCUT2D eigenvalue weighted by Gasteiger charge is -2.36. The van der Waals surface area contributed by atoms with Crippen molar-refractivity contribution in [3.05, 3.63) is 23.8 Å². The molecule has 0 aliphatic carbocycles.